The predicted molar refractivity (Wildman–Crippen MR) is 120 cm³/mol. The summed E-state index contributed by atoms with van der Waals surface area (Å²) in [5.74, 6) is 1.11. The molecule has 2 saturated heterocycles. The van der Waals surface area contributed by atoms with Crippen LogP contribution in [0.4, 0.5) is 0 Å². The van der Waals surface area contributed by atoms with E-state index in [0.29, 0.717) is 18.7 Å². The maximum absolute atomic E-state index is 11.9. The first-order valence-electron chi connectivity index (χ1n) is 10.4. The second-order valence-electron chi connectivity index (χ2n) is 7.62. The lowest BCUT2D eigenvalue weighted by Gasteiger charge is -2.36. The number of nitrogens with zero attached hydrogens (tertiary/aromatic N) is 3. The molecule has 1 aliphatic carbocycles. The molecule has 0 unspecified atom stereocenters. The molecule has 0 spiro atoms. The Hall–Kier alpha value is -0.650. The number of aliphatic imine (C=N–C) groups is 1. The molecule has 0 bridgehead atoms. The maximum Gasteiger partial charge on any atom is 0.234 e. The van der Waals surface area contributed by atoms with Crippen molar-refractivity contribution in [1.29, 1.82) is 0 Å². The van der Waals surface area contributed by atoms with Crippen LogP contribution in [0.25, 0.3) is 0 Å². The molecule has 8 nitrogen and oxygen atoms in total. The Labute approximate surface area is 185 Å². The van der Waals surface area contributed by atoms with Gasteiger partial charge in [-0.15, -0.1) is 24.0 Å². The van der Waals surface area contributed by atoms with Gasteiger partial charge in [0.05, 0.1) is 12.6 Å². The average Bonchev–Trinajstić information content (AvgIpc) is 3.50. The number of hydrogen-bond acceptors (Lipinski definition) is 5. The van der Waals surface area contributed by atoms with Gasteiger partial charge >= 0.3 is 0 Å². The number of carbonyl (C=O) groups excluding carboxylic acids is 1. The number of rotatable bonds is 8. The summed E-state index contributed by atoms with van der Waals surface area (Å²) < 4.78 is 11.3. The summed E-state index contributed by atoms with van der Waals surface area (Å²) in [5, 5.41) is 6.50. The summed E-state index contributed by atoms with van der Waals surface area (Å²) >= 11 is 0. The highest BCUT2D eigenvalue weighted by atomic mass is 127. The molecule has 0 atom stereocenters. The van der Waals surface area contributed by atoms with Crippen molar-refractivity contribution in [1.82, 2.24) is 20.4 Å². The third-order valence-electron chi connectivity index (χ3n) is 5.32. The monoisotopic (exact) mass is 509 g/mol. The minimum Gasteiger partial charge on any atom is -0.381 e. The molecule has 1 saturated carbocycles. The molecule has 28 heavy (non-hydrogen) atoms. The van der Waals surface area contributed by atoms with E-state index in [1.165, 1.54) is 0 Å². The van der Waals surface area contributed by atoms with Crippen LogP contribution in [0.5, 0.6) is 0 Å². The van der Waals surface area contributed by atoms with E-state index in [0.717, 1.165) is 90.6 Å². The van der Waals surface area contributed by atoms with Crippen molar-refractivity contribution in [2.24, 2.45) is 4.99 Å². The van der Waals surface area contributed by atoms with Crippen LogP contribution < -0.4 is 10.6 Å². The van der Waals surface area contributed by atoms with Crippen molar-refractivity contribution >= 4 is 35.8 Å². The molecule has 2 heterocycles. The zero-order valence-corrected chi connectivity index (χ0v) is 19.4. The molecule has 2 aliphatic heterocycles. The first kappa shape index (κ1) is 23.6. The second kappa shape index (κ2) is 12.8. The molecule has 0 aromatic rings. The van der Waals surface area contributed by atoms with Gasteiger partial charge in [0.2, 0.25) is 5.91 Å². The number of carbonyl (C=O) groups is 1. The van der Waals surface area contributed by atoms with Crippen molar-refractivity contribution in [3.05, 3.63) is 0 Å². The zero-order chi connectivity index (χ0) is 18.9. The van der Waals surface area contributed by atoms with Gasteiger partial charge < -0.3 is 25.0 Å². The highest BCUT2D eigenvalue weighted by Crippen LogP contribution is 2.18. The Balaban J connectivity index is 0.00000280. The molecule has 0 aromatic heterocycles. The van der Waals surface area contributed by atoms with Crippen LogP contribution in [0.2, 0.25) is 0 Å². The van der Waals surface area contributed by atoms with Gasteiger partial charge in [-0.2, -0.15) is 0 Å². The quantitative estimate of drug-likeness (QED) is 0.217. The van der Waals surface area contributed by atoms with Crippen LogP contribution in [-0.4, -0.2) is 99.9 Å². The summed E-state index contributed by atoms with van der Waals surface area (Å²) in [4.78, 5) is 20.8. The number of piperazine rings is 1. The Morgan fingerprint density at radius 3 is 2.50 bits per heavy atom. The fraction of sp³-hybridized carbons (Fsp3) is 0.895. The molecule has 0 aromatic carbocycles. The normalized spacial score (nSPS) is 21.9. The highest BCUT2D eigenvalue weighted by Gasteiger charge is 2.25. The van der Waals surface area contributed by atoms with Gasteiger partial charge in [-0.25, -0.2) is 0 Å². The lowest BCUT2D eigenvalue weighted by atomic mass is 10.1. The van der Waals surface area contributed by atoms with Crippen LogP contribution >= 0.6 is 24.0 Å². The maximum atomic E-state index is 11.9. The van der Waals surface area contributed by atoms with Crippen LogP contribution in [-0.2, 0) is 14.3 Å². The number of guanidine groups is 1. The minimum atomic E-state index is 0. The molecule has 3 aliphatic rings. The van der Waals surface area contributed by atoms with E-state index in [9.17, 15) is 4.79 Å². The number of amides is 1. The molecule has 3 rings (SSSR count). The summed E-state index contributed by atoms with van der Waals surface area (Å²) in [6.07, 6.45) is 5.64. The van der Waals surface area contributed by atoms with Crippen LogP contribution in [0.1, 0.15) is 32.1 Å². The third-order valence-corrected chi connectivity index (χ3v) is 5.32. The van der Waals surface area contributed by atoms with E-state index >= 15 is 0 Å². The highest BCUT2D eigenvalue weighted by molar-refractivity contribution is 14.0. The number of hydrogen-bond donors (Lipinski definition) is 2. The Morgan fingerprint density at radius 1 is 1.14 bits per heavy atom. The van der Waals surface area contributed by atoms with Gasteiger partial charge in [-0.1, -0.05) is 0 Å². The van der Waals surface area contributed by atoms with Gasteiger partial charge in [-0.05, 0) is 32.1 Å². The SMILES string of the molecule is CN=C(NCCCOC1CCOCC1)N1CCN(CC(=O)NC2CC2)CC1.I. The first-order valence-corrected chi connectivity index (χ1v) is 10.4. The van der Waals surface area contributed by atoms with Crippen molar-refractivity contribution in [2.45, 2.75) is 44.2 Å². The average molecular weight is 509 g/mol. The summed E-state index contributed by atoms with van der Waals surface area (Å²) in [6, 6.07) is 0.442. The standard InChI is InChI=1S/C19H35N5O3.HI/c1-20-19(21-7-2-12-27-17-5-13-26-14-6-17)24-10-8-23(9-11-24)15-18(25)22-16-3-4-16;/h16-17H,2-15H2,1H3,(H,20,21)(H,22,25);1H. The molecule has 3 fully saturated rings. The largest absolute Gasteiger partial charge is 0.381 e. The summed E-state index contributed by atoms with van der Waals surface area (Å²) in [7, 11) is 1.83. The van der Waals surface area contributed by atoms with Gasteiger partial charge in [0.25, 0.3) is 0 Å². The van der Waals surface area contributed by atoms with Gasteiger partial charge in [0.1, 0.15) is 0 Å². The van der Waals surface area contributed by atoms with E-state index in [2.05, 4.69) is 25.4 Å². The molecule has 162 valence electrons. The van der Waals surface area contributed by atoms with E-state index in [4.69, 9.17) is 9.47 Å². The second-order valence-corrected chi connectivity index (χ2v) is 7.62. The number of ether oxygens (including phenoxy) is 2. The molecule has 2 N–H and O–H groups in total. The first-order chi connectivity index (χ1) is 13.2. The fourth-order valence-corrected chi connectivity index (χ4v) is 3.52. The Kier molecular flexibility index (Phi) is 10.8. The van der Waals surface area contributed by atoms with Gasteiger partial charge in [0.15, 0.2) is 5.96 Å². The lowest BCUT2D eigenvalue weighted by Crippen LogP contribution is -2.54. The molecular weight excluding hydrogens is 473 g/mol. The number of nitrogens with one attached hydrogen (secondary N) is 2. The topological polar surface area (TPSA) is 78.4 Å². The fourth-order valence-electron chi connectivity index (χ4n) is 3.52. The predicted octanol–water partition coefficient (Wildman–Crippen LogP) is 0.662. The van der Waals surface area contributed by atoms with Crippen molar-refractivity contribution in [2.75, 3.05) is 66.1 Å². The minimum absolute atomic E-state index is 0. The smallest absolute Gasteiger partial charge is 0.234 e. The van der Waals surface area contributed by atoms with Crippen LogP contribution in [0, 0.1) is 0 Å². The van der Waals surface area contributed by atoms with Crippen LogP contribution in [0.15, 0.2) is 4.99 Å². The van der Waals surface area contributed by atoms with E-state index in [1.54, 1.807) is 0 Å². The van der Waals surface area contributed by atoms with E-state index in [-0.39, 0.29) is 29.9 Å². The van der Waals surface area contributed by atoms with Crippen LogP contribution in [0.3, 0.4) is 0 Å². The summed E-state index contributed by atoms with van der Waals surface area (Å²) in [6.45, 7) is 7.38. The number of halogens is 1. The lowest BCUT2D eigenvalue weighted by molar-refractivity contribution is -0.122. The summed E-state index contributed by atoms with van der Waals surface area (Å²) in [5.41, 5.74) is 0. The van der Waals surface area contributed by atoms with E-state index in [1.807, 2.05) is 7.05 Å². The molecule has 1 amide bonds. The van der Waals surface area contributed by atoms with Crippen molar-refractivity contribution in [3.8, 4) is 0 Å². The van der Waals surface area contributed by atoms with E-state index < -0.39 is 0 Å². The zero-order valence-electron chi connectivity index (χ0n) is 17.0. The Bertz CT molecular complexity index is 490. The van der Waals surface area contributed by atoms with Crippen molar-refractivity contribution < 1.29 is 14.3 Å². The van der Waals surface area contributed by atoms with Crippen molar-refractivity contribution in [3.63, 3.8) is 0 Å². The molecule has 0 radical (unpaired) electrons. The Morgan fingerprint density at radius 2 is 1.86 bits per heavy atom. The van der Waals surface area contributed by atoms with Gasteiger partial charge in [-0.3, -0.25) is 14.7 Å². The van der Waals surface area contributed by atoms with Gasteiger partial charge in [0, 0.05) is 65.6 Å². The third kappa shape index (κ3) is 8.38. The molecule has 9 heteroatoms. The molecular formula is C19H36IN5O3.